The fourth-order valence-corrected chi connectivity index (χ4v) is 3.29. The zero-order valence-electron chi connectivity index (χ0n) is 16.6. The van der Waals surface area contributed by atoms with Crippen molar-refractivity contribution in [3.8, 4) is 22.8 Å². The van der Waals surface area contributed by atoms with E-state index in [2.05, 4.69) is 20.2 Å². The van der Waals surface area contributed by atoms with E-state index in [0.717, 1.165) is 0 Å². The summed E-state index contributed by atoms with van der Waals surface area (Å²) in [6.07, 6.45) is 1.51. The quantitative estimate of drug-likeness (QED) is 0.504. The SMILES string of the molecule is CCN(c1nc(-c2c(F)cccc2OC)c2[nH]ncc2n1)c1ccc(OC)cc1F. The van der Waals surface area contributed by atoms with Crippen molar-refractivity contribution < 1.29 is 18.3 Å². The number of fused-ring (bicyclic) bond motifs is 1. The molecule has 9 heteroatoms. The zero-order valence-corrected chi connectivity index (χ0v) is 16.6. The fourth-order valence-electron chi connectivity index (χ4n) is 3.29. The van der Waals surface area contributed by atoms with Crippen LogP contribution in [0.2, 0.25) is 0 Å². The summed E-state index contributed by atoms with van der Waals surface area (Å²) in [5.74, 6) is -0.0778. The first-order chi connectivity index (χ1) is 14.6. The van der Waals surface area contributed by atoms with Crippen LogP contribution in [0.1, 0.15) is 6.92 Å². The number of ether oxygens (including phenoxy) is 2. The highest BCUT2D eigenvalue weighted by atomic mass is 19.1. The van der Waals surface area contributed by atoms with Gasteiger partial charge < -0.3 is 14.4 Å². The number of rotatable bonds is 6. The molecule has 2 aromatic carbocycles. The molecule has 0 saturated carbocycles. The lowest BCUT2D eigenvalue weighted by atomic mass is 10.1. The molecule has 0 aliphatic carbocycles. The molecule has 0 atom stereocenters. The summed E-state index contributed by atoms with van der Waals surface area (Å²) in [5, 5.41) is 6.82. The van der Waals surface area contributed by atoms with Crippen molar-refractivity contribution in [1.82, 2.24) is 20.2 Å². The Hall–Kier alpha value is -3.75. The summed E-state index contributed by atoms with van der Waals surface area (Å²) in [5.41, 5.74) is 1.63. The number of hydrogen-bond acceptors (Lipinski definition) is 6. The molecular weight excluding hydrogens is 392 g/mol. The third kappa shape index (κ3) is 3.28. The molecule has 0 amide bonds. The van der Waals surface area contributed by atoms with E-state index in [0.29, 0.717) is 29.1 Å². The number of halogens is 2. The molecule has 2 heterocycles. The van der Waals surface area contributed by atoms with Gasteiger partial charge in [-0.2, -0.15) is 5.10 Å². The van der Waals surface area contributed by atoms with Gasteiger partial charge in [0.05, 0.1) is 31.7 Å². The minimum absolute atomic E-state index is 0.171. The largest absolute Gasteiger partial charge is 0.497 e. The Balaban J connectivity index is 1.93. The summed E-state index contributed by atoms with van der Waals surface area (Å²) in [4.78, 5) is 10.7. The summed E-state index contributed by atoms with van der Waals surface area (Å²) in [7, 11) is 2.92. The first kappa shape index (κ1) is 19.6. The maximum atomic E-state index is 14.8. The molecule has 0 fully saturated rings. The Morgan fingerprint density at radius 2 is 1.87 bits per heavy atom. The number of aromatic amines is 1. The Bertz CT molecular complexity index is 1210. The van der Waals surface area contributed by atoms with Crippen molar-refractivity contribution in [3.05, 3.63) is 54.2 Å². The van der Waals surface area contributed by atoms with Crippen molar-refractivity contribution in [2.45, 2.75) is 6.92 Å². The minimum atomic E-state index is -0.506. The van der Waals surface area contributed by atoms with Gasteiger partial charge in [0.25, 0.3) is 0 Å². The fraction of sp³-hybridized carbons (Fsp3) is 0.190. The van der Waals surface area contributed by atoms with Gasteiger partial charge in [-0.1, -0.05) is 6.07 Å². The summed E-state index contributed by atoms with van der Waals surface area (Å²) >= 11 is 0. The Kier molecular flexibility index (Phi) is 5.18. The Labute approximate surface area is 171 Å². The van der Waals surface area contributed by atoms with Crippen molar-refractivity contribution in [2.75, 3.05) is 25.7 Å². The van der Waals surface area contributed by atoms with E-state index < -0.39 is 11.6 Å². The number of nitrogens with one attached hydrogen (secondary N) is 1. The molecule has 0 bridgehead atoms. The van der Waals surface area contributed by atoms with Crippen LogP contribution >= 0.6 is 0 Å². The second kappa shape index (κ2) is 7.94. The normalized spacial score (nSPS) is 11.0. The second-order valence-corrected chi connectivity index (χ2v) is 6.38. The molecular formula is C21H19F2N5O2. The number of benzene rings is 2. The molecule has 2 aromatic heterocycles. The molecule has 0 spiro atoms. The number of aromatic nitrogens is 4. The van der Waals surface area contributed by atoms with Crippen LogP contribution in [0.15, 0.2) is 42.6 Å². The van der Waals surface area contributed by atoms with E-state index in [-0.39, 0.29) is 22.9 Å². The van der Waals surface area contributed by atoms with Gasteiger partial charge in [-0.05, 0) is 31.2 Å². The standard InChI is InChI=1S/C21H19F2N5O2/c1-4-28(16-9-8-12(29-2)10-14(16)23)21-25-15-11-24-27-19(15)20(26-21)18-13(22)6-5-7-17(18)30-3/h5-11H,4H2,1-3H3,(H,24,27). The van der Waals surface area contributed by atoms with E-state index in [1.165, 1.54) is 32.5 Å². The molecule has 0 aliphatic rings. The first-order valence-corrected chi connectivity index (χ1v) is 9.22. The van der Waals surface area contributed by atoms with E-state index in [1.807, 2.05) is 6.92 Å². The van der Waals surface area contributed by atoms with Crippen molar-refractivity contribution >= 4 is 22.7 Å². The van der Waals surface area contributed by atoms with Gasteiger partial charge in [-0.15, -0.1) is 0 Å². The van der Waals surface area contributed by atoms with Crippen LogP contribution in [0, 0.1) is 11.6 Å². The van der Waals surface area contributed by atoms with Gasteiger partial charge >= 0.3 is 0 Å². The number of methoxy groups -OCH3 is 2. The second-order valence-electron chi connectivity index (χ2n) is 6.38. The van der Waals surface area contributed by atoms with Crippen molar-refractivity contribution in [2.24, 2.45) is 0 Å². The van der Waals surface area contributed by atoms with Gasteiger partial charge in [0.15, 0.2) is 5.82 Å². The average molecular weight is 411 g/mol. The third-order valence-electron chi connectivity index (χ3n) is 4.72. The minimum Gasteiger partial charge on any atom is -0.497 e. The topological polar surface area (TPSA) is 76.2 Å². The van der Waals surface area contributed by atoms with Gasteiger partial charge in [0, 0.05) is 12.6 Å². The molecule has 0 saturated heterocycles. The lowest BCUT2D eigenvalue weighted by Crippen LogP contribution is -2.20. The average Bonchev–Trinajstić information content (AvgIpc) is 3.23. The van der Waals surface area contributed by atoms with Crippen molar-refractivity contribution in [1.29, 1.82) is 0 Å². The predicted octanol–water partition coefficient (Wildman–Crippen LogP) is 4.47. The van der Waals surface area contributed by atoms with Crippen molar-refractivity contribution in [3.63, 3.8) is 0 Å². The van der Waals surface area contributed by atoms with Gasteiger partial charge in [-0.3, -0.25) is 5.10 Å². The lowest BCUT2D eigenvalue weighted by Gasteiger charge is -2.22. The first-order valence-electron chi connectivity index (χ1n) is 9.22. The van der Waals surface area contributed by atoms with E-state index in [4.69, 9.17) is 9.47 Å². The zero-order chi connectivity index (χ0) is 21.3. The highest BCUT2D eigenvalue weighted by molar-refractivity contribution is 5.92. The highest BCUT2D eigenvalue weighted by Gasteiger charge is 2.22. The molecule has 4 rings (SSSR count). The van der Waals surface area contributed by atoms with Crippen LogP contribution in [0.4, 0.5) is 20.4 Å². The number of hydrogen-bond donors (Lipinski definition) is 1. The summed E-state index contributed by atoms with van der Waals surface area (Å²) in [6, 6.07) is 9.04. The van der Waals surface area contributed by atoms with Crippen LogP contribution in [0.3, 0.4) is 0 Å². The molecule has 0 aliphatic heterocycles. The molecule has 0 unspecified atom stereocenters. The van der Waals surface area contributed by atoms with Crippen LogP contribution in [0.5, 0.6) is 11.5 Å². The van der Waals surface area contributed by atoms with Gasteiger partial charge in [0.1, 0.15) is 34.0 Å². The molecule has 1 N–H and O–H groups in total. The summed E-state index contributed by atoms with van der Waals surface area (Å²) < 4.78 is 39.9. The molecule has 154 valence electrons. The van der Waals surface area contributed by atoms with E-state index in [9.17, 15) is 8.78 Å². The van der Waals surface area contributed by atoms with Gasteiger partial charge in [-0.25, -0.2) is 18.7 Å². The molecule has 0 radical (unpaired) electrons. The van der Waals surface area contributed by atoms with E-state index in [1.54, 1.807) is 29.2 Å². The number of nitrogens with zero attached hydrogens (tertiary/aromatic N) is 4. The third-order valence-corrected chi connectivity index (χ3v) is 4.72. The number of anilines is 2. The predicted molar refractivity (Wildman–Crippen MR) is 109 cm³/mol. The Morgan fingerprint density at radius 1 is 1.03 bits per heavy atom. The Morgan fingerprint density at radius 3 is 2.57 bits per heavy atom. The highest BCUT2D eigenvalue weighted by Crippen LogP contribution is 2.37. The maximum Gasteiger partial charge on any atom is 0.231 e. The maximum absolute atomic E-state index is 14.8. The monoisotopic (exact) mass is 411 g/mol. The van der Waals surface area contributed by atoms with Crippen LogP contribution in [-0.2, 0) is 0 Å². The van der Waals surface area contributed by atoms with Crippen LogP contribution in [0.25, 0.3) is 22.3 Å². The lowest BCUT2D eigenvalue weighted by molar-refractivity contribution is 0.411. The van der Waals surface area contributed by atoms with Crippen LogP contribution in [-0.4, -0.2) is 40.9 Å². The molecule has 4 aromatic rings. The van der Waals surface area contributed by atoms with Gasteiger partial charge in [0.2, 0.25) is 5.95 Å². The van der Waals surface area contributed by atoms with E-state index >= 15 is 0 Å². The number of H-pyrrole nitrogens is 1. The van der Waals surface area contributed by atoms with Crippen LogP contribution < -0.4 is 14.4 Å². The smallest absolute Gasteiger partial charge is 0.231 e. The molecule has 30 heavy (non-hydrogen) atoms. The molecule has 7 nitrogen and oxygen atoms in total. The summed E-state index contributed by atoms with van der Waals surface area (Å²) in [6.45, 7) is 2.22.